The zero-order chi connectivity index (χ0) is 12.5. The second-order valence-electron chi connectivity index (χ2n) is 4.55. The Hall–Kier alpha value is -1.86. The third-order valence-electron chi connectivity index (χ3n) is 3.39. The third-order valence-corrected chi connectivity index (χ3v) is 4.43. The van der Waals surface area contributed by atoms with Crippen molar-refractivity contribution in [1.82, 2.24) is 4.98 Å². The molecule has 1 atom stereocenters. The molecule has 0 saturated heterocycles. The van der Waals surface area contributed by atoms with Crippen LogP contribution < -0.4 is 5.73 Å². The highest BCUT2D eigenvalue weighted by molar-refractivity contribution is 7.15. The van der Waals surface area contributed by atoms with E-state index in [1.165, 1.54) is 10.4 Å². The van der Waals surface area contributed by atoms with Crippen LogP contribution in [-0.2, 0) is 6.42 Å². The summed E-state index contributed by atoms with van der Waals surface area (Å²) < 4.78 is 0. The van der Waals surface area contributed by atoms with Gasteiger partial charge in [0.2, 0.25) is 0 Å². The summed E-state index contributed by atoms with van der Waals surface area (Å²) in [4.78, 5) is 5.69. The Morgan fingerprint density at radius 1 is 1.44 bits per heavy atom. The first-order valence-corrected chi connectivity index (χ1v) is 6.84. The Kier molecular flexibility index (Phi) is 2.77. The fourth-order valence-electron chi connectivity index (χ4n) is 2.58. The Balaban J connectivity index is 2.05. The number of thiazole rings is 1. The SMILES string of the molecule is N#Cc1cccc(C2CCCc3nc(N)sc32)c1. The molecule has 0 radical (unpaired) electrons. The molecule has 0 bridgehead atoms. The van der Waals surface area contributed by atoms with Crippen molar-refractivity contribution >= 4 is 16.5 Å². The number of nitrogens with two attached hydrogens (primary N) is 1. The average Bonchev–Trinajstić information content (AvgIpc) is 2.78. The van der Waals surface area contributed by atoms with Crippen LogP contribution in [0.1, 0.15) is 40.5 Å². The molecule has 0 amide bonds. The van der Waals surface area contributed by atoms with Gasteiger partial charge in [-0.05, 0) is 37.0 Å². The molecule has 3 nitrogen and oxygen atoms in total. The van der Waals surface area contributed by atoms with Crippen molar-refractivity contribution in [2.24, 2.45) is 0 Å². The highest BCUT2D eigenvalue weighted by Gasteiger charge is 2.25. The van der Waals surface area contributed by atoms with Gasteiger partial charge in [0.05, 0.1) is 17.3 Å². The van der Waals surface area contributed by atoms with Crippen molar-refractivity contribution in [3.05, 3.63) is 46.0 Å². The third kappa shape index (κ3) is 1.87. The smallest absolute Gasteiger partial charge is 0.180 e. The Morgan fingerprint density at radius 2 is 2.33 bits per heavy atom. The van der Waals surface area contributed by atoms with Gasteiger partial charge < -0.3 is 5.73 Å². The number of nitriles is 1. The number of hydrogen-bond donors (Lipinski definition) is 1. The monoisotopic (exact) mass is 255 g/mol. The van der Waals surface area contributed by atoms with E-state index >= 15 is 0 Å². The van der Waals surface area contributed by atoms with Gasteiger partial charge in [-0.25, -0.2) is 4.98 Å². The van der Waals surface area contributed by atoms with Crippen molar-refractivity contribution in [3.63, 3.8) is 0 Å². The van der Waals surface area contributed by atoms with E-state index in [0.29, 0.717) is 11.0 Å². The van der Waals surface area contributed by atoms with Gasteiger partial charge in [-0.1, -0.05) is 12.1 Å². The molecule has 1 aromatic carbocycles. The summed E-state index contributed by atoms with van der Waals surface area (Å²) in [5.74, 6) is 0.358. The van der Waals surface area contributed by atoms with Gasteiger partial charge in [0.1, 0.15) is 0 Å². The molecule has 3 rings (SSSR count). The molecule has 4 heteroatoms. The second-order valence-corrected chi connectivity index (χ2v) is 5.61. The second kappa shape index (κ2) is 4.43. The van der Waals surface area contributed by atoms with Crippen LogP contribution in [0.25, 0.3) is 0 Å². The lowest BCUT2D eigenvalue weighted by atomic mass is 9.86. The van der Waals surface area contributed by atoms with Crippen LogP contribution in [0.15, 0.2) is 24.3 Å². The van der Waals surface area contributed by atoms with Crippen LogP contribution in [0, 0.1) is 11.3 Å². The number of aryl methyl sites for hydroxylation is 1. The zero-order valence-electron chi connectivity index (χ0n) is 9.89. The highest BCUT2D eigenvalue weighted by atomic mass is 32.1. The topological polar surface area (TPSA) is 62.7 Å². The van der Waals surface area contributed by atoms with Crippen LogP contribution >= 0.6 is 11.3 Å². The van der Waals surface area contributed by atoms with Crippen molar-refractivity contribution in [1.29, 1.82) is 5.26 Å². The van der Waals surface area contributed by atoms with Crippen LogP contribution in [-0.4, -0.2) is 4.98 Å². The number of benzene rings is 1. The number of rotatable bonds is 1. The van der Waals surface area contributed by atoms with Crippen molar-refractivity contribution in [2.45, 2.75) is 25.2 Å². The van der Waals surface area contributed by atoms with E-state index in [-0.39, 0.29) is 0 Å². The molecule has 0 aliphatic heterocycles. The van der Waals surface area contributed by atoms with E-state index < -0.39 is 0 Å². The zero-order valence-corrected chi connectivity index (χ0v) is 10.7. The molecule has 1 heterocycles. The quantitative estimate of drug-likeness (QED) is 0.851. The molecular formula is C14H13N3S. The summed E-state index contributed by atoms with van der Waals surface area (Å²) in [6.45, 7) is 0. The Morgan fingerprint density at radius 3 is 3.17 bits per heavy atom. The fraction of sp³-hybridized carbons (Fsp3) is 0.286. The van der Waals surface area contributed by atoms with Gasteiger partial charge in [0.15, 0.2) is 5.13 Å². The predicted molar refractivity (Wildman–Crippen MR) is 72.5 cm³/mol. The van der Waals surface area contributed by atoms with E-state index in [9.17, 15) is 0 Å². The first-order chi connectivity index (χ1) is 8.78. The standard InChI is InChI=1S/C14H13N3S/c15-8-9-3-1-4-10(7-9)11-5-2-6-12-13(11)18-14(16)17-12/h1,3-4,7,11H,2,5-6H2,(H2,16,17). The fourth-order valence-corrected chi connectivity index (χ4v) is 3.62. The Bertz CT molecular complexity index is 624. The number of hydrogen-bond acceptors (Lipinski definition) is 4. The van der Waals surface area contributed by atoms with Gasteiger partial charge in [-0.2, -0.15) is 5.26 Å². The average molecular weight is 255 g/mol. The molecule has 0 fully saturated rings. The van der Waals surface area contributed by atoms with Crippen LogP contribution in [0.3, 0.4) is 0 Å². The Labute approximate surface area is 110 Å². The van der Waals surface area contributed by atoms with Gasteiger partial charge in [-0.3, -0.25) is 0 Å². The summed E-state index contributed by atoms with van der Waals surface area (Å²) in [5.41, 5.74) is 8.89. The lowest BCUT2D eigenvalue weighted by Crippen LogP contribution is -2.09. The van der Waals surface area contributed by atoms with Gasteiger partial charge in [-0.15, -0.1) is 11.3 Å². The van der Waals surface area contributed by atoms with Gasteiger partial charge in [0, 0.05) is 10.8 Å². The molecule has 2 N–H and O–H groups in total. The van der Waals surface area contributed by atoms with Gasteiger partial charge in [0.25, 0.3) is 0 Å². The van der Waals surface area contributed by atoms with E-state index in [1.807, 2.05) is 18.2 Å². The first-order valence-electron chi connectivity index (χ1n) is 6.03. The van der Waals surface area contributed by atoms with E-state index in [2.05, 4.69) is 17.1 Å². The number of fused-ring (bicyclic) bond motifs is 1. The van der Waals surface area contributed by atoms with Crippen LogP contribution in [0.2, 0.25) is 0 Å². The number of nitrogen functional groups attached to an aromatic ring is 1. The minimum absolute atomic E-state index is 0.358. The summed E-state index contributed by atoms with van der Waals surface area (Å²) in [6, 6.07) is 10.1. The molecule has 1 aliphatic rings. The highest BCUT2D eigenvalue weighted by Crippen LogP contribution is 2.40. The van der Waals surface area contributed by atoms with E-state index in [4.69, 9.17) is 11.0 Å². The molecule has 0 spiro atoms. The number of aromatic nitrogens is 1. The predicted octanol–water partition coefficient (Wildman–Crippen LogP) is 3.07. The normalized spacial score (nSPS) is 18.1. The maximum atomic E-state index is 8.98. The minimum Gasteiger partial charge on any atom is -0.375 e. The molecule has 1 aromatic heterocycles. The molecule has 0 saturated carbocycles. The molecule has 90 valence electrons. The molecule has 18 heavy (non-hydrogen) atoms. The lowest BCUT2D eigenvalue weighted by molar-refractivity contribution is 0.617. The summed E-state index contributed by atoms with van der Waals surface area (Å²) in [5, 5.41) is 9.64. The minimum atomic E-state index is 0.358. The molecule has 2 aromatic rings. The molecule has 1 unspecified atom stereocenters. The number of anilines is 1. The molecular weight excluding hydrogens is 242 g/mol. The maximum Gasteiger partial charge on any atom is 0.180 e. The summed E-state index contributed by atoms with van der Waals surface area (Å²) in [6.07, 6.45) is 3.28. The lowest BCUT2D eigenvalue weighted by Gasteiger charge is -2.21. The van der Waals surface area contributed by atoms with Crippen molar-refractivity contribution < 1.29 is 0 Å². The van der Waals surface area contributed by atoms with Crippen molar-refractivity contribution in [3.8, 4) is 6.07 Å². The molecule has 1 aliphatic carbocycles. The van der Waals surface area contributed by atoms with Crippen molar-refractivity contribution in [2.75, 3.05) is 5.73 Å². The van der Waals surface area contributed by atoms with Crippen LogP contribution in [0.4, 0.5) is 5.13 Å². The first kappa shape index (κ1) is 11.2. The largest absolute Gasteiger partial charge is 0.375 e. The summed E-state index contributed by atoms with van der Waals surface area (Å²) in [7, 11) is 0. The van der Waals surface area contributed by atoms with Crippen LogP contribution in [0.5, 0.6) is 0 Å². The number of nitrogens with zero attached hydrogens (tertiary/aromatic N) is 2. The summed E-state index contributed by atoms with van der Waals surface area (Å²) >= 11 is 1.59. The van der Waals surface area contributed by atoms with E-state index in [1.54, 1.807) is 11.3 Å². The van der Waals surface area contributed by atoms with E-state index in [0.717, 1.165) is 30.5 Å². The maximum absolute atomic E-state index is 8.98. The van der Waals surface area contributed by atoms with Gasteiger partial charge >= 0.3 is 0 Å².